The fourth-order valence-electron chi connectivity index (χ4n) is 3.01. The number of nitrogens with zero attached hydrogens (tertiary/aromatic N) is 2. The molecule has 8 heteroatoms. The van der Waals surface area contributed by atoms with Crippen LogP contribution in [-0.4, -0.2) is 33.8 Å². The molecule has 8 nitrogen and oxygen atoms in total. The minimum absolute atomic E-state index is 0.0470. The second kappa shape index (κ2) is 7.28. The van der Waals surface area contributed by atoms with E-state index in [4.69, 9.17) is 16.2 Å². The first kappa shape index (κ1) is 18.1. The van der Waals surface area contributed by atoms with Gasteiger partial charge in [-0.25, -0.2) is 4.98 Å². The number of carbonyl (C=O) groups is 3. The Balaban J connectivity index is 2.23. The molecule has 27 heavy (non-hydrogen) atoms. The van der Waals surface area contributed by atoms with Gasteiger partial charge in [0.25, 0.3) is 17.6 Å². The van der Waals surface area contributed by atoms with Crippen molar-refractivity contribution < 1.29 is 19.1 Å². The molecule has 0 atom stereocenters. The van der Waals surface area contributed by atoms with Crippen molar-refractivity contribution in [1.29, 1.82) is 0 Å². The maximum atomic E-state index is 12.5. The van der Waals surface area contributed by atoms with E-state index in [1.807, 2.05) is 34.9 Å². The third kappa shape index (κ3) is 3.50. The summed E-state index contributed by atoms with van der Waals surface area (Å²) in [7, 11) is 0. The van der Waals surface area contributed by atoms with Crippen molar-refractivity contribution >= 4 is 28.5 Å². The van der Waals surface area contributed by atoms with Gasteiger partial charge in [-0.3, -0.25) is 14.4 Å². The monoisotopic (exact) mass is 366 g/mol. The summed E-state index contributed by atoms with van der Waals surface area (Å²) in [5.74, 6) is -2.56. The van der Waals surface area contributed by atoms with Gasteiger partial charge >= 0.3 is 0 Å². The zero-order chi connectivity index (χ0) is 19.6. The summed E-state index contributed by atoms with van der Waals surface area (Å²) in [6.45, 7) is 1.78. The zero-order valence-corrected chi connectivity index (χ0v) is 14.6. The number of ketones is 1. The summed E-state index contributed by atoms with van der Waals surface area (Å²) < 4.78 is 7.24. The van der Waals surface area contributed by atoms with E-state index in [-0.39, 0.29) is 11.4 Å². The molecular weight excluding hydrogens is 348 g/mol. The summed E-state index contributed by atoms with van der Waals surface area (Å²) in [4.78, 5) is 39.2. The molecule has 2 amide bonds. The van der Waals surface area contributed by atoms with Gasteiger partial charge in [0.2, 0.25) is 5.88 Å². The fraction of sp³-hybridized carbons (Fsp3) is 0.158. The number of hydrogen-bond acceptors (Lipinski definition) is 5. The highest BCUT2D eigenvalue weighted by molar-refractivity contribution is 6.45. The molecule has 0 radical (unpaired) electrons. The van der Waals surface area contributed by atoms with Crippen LogP contribution >= 0.6 is 0 Å². The number of carbonyl (C=O) groups excluding carboxylic acids is 3. The smallest absolute Gasteiger partial charge is 0.289 e. The molecular formula is C19H18N4O4. The quantitative estimate of drug-likeness (QED) is 0.474. The van der Waals surface area contributed by atoms with Crippen LogP contribution in [0.2, 0.25) is 0 Å². The van der Waals surface area contributed by atoms with Gasteiger partial charge in [0.15, 0.2) is 6.61 Å². The van der Waals surface area contributed by atoms with E-state index in [1.54, 1.807) is 13.0 Å². The molecule has 2 heterocycles. The minimum atomic E-state index is -1.08. The molecule has 0 saturated heterocycles. The fourth-order valence-corrected chi connectivity index (χ4v) is 3.01. The lowest BCUT2D eigenvalue weighted by atomic mass is 10.1. The lowest BCUT2D eigenvalue weighted by molar-refractivity contribution is -0.120. The normalized spacial score (nSPS) is 10.7. The molecule has 3 aromatic rings. The van der Waals surface area contributed by atoms with E-state index in [1.165, 1.54) is 6.20 Å². The number of pyridine rings is 1. The second-order valence-corrected chi connectivity index (χ2v) is 5.99. The van der Waals surface area contributed by atoms with Gasteiger partial charge in [-0.1, -0.05) is 30.3 Å². The molecule has 0 bridgehead atoms. The molecule has 0 unspecified atom stereocenters. The van der Waals surface area contributed by atoms with E-state index in [9.17, 15) is 14.4 Å². The number of aromatic nitrogens is 2. The van der Waals surface area contributed by atoms with E-state index < -0.39 is 24.2 Å². The van der Waals surface area contributed by atoms with Crippen molar-refractivity contribution in [3.05, 3.63) is 59.4 Å². The first-order chi connectivity index (χ1) is 12.9. The van der Waals surface area contributed by atoms with Gasteiger partial charge in [-0.15, -0.1) is 0 Å². The third-order valence-corrected chi connectivity index (χ3v) is 4.19. The molecule has 0 aliphatic carbocycles. The molecule has 0 saturated carbocycles. The Morgan fingerprint density at radius 3 is 2.44 bits per heavy atom. The van der Waals surface area contributed by atoms with Crippen LogP contribution in [0.25, 0.3) is 10.9 Å². The van der Waals surface area contributed by atoms with Crippen LogP contribution in [0.3, 0.4) is 0 Å². The molecule has 0 fully saturated rings. The maximum Gasteiger partial charge on any atom is 0.289 e. The predicted octanol–water partition coefficient (Wildman–Crippen LogP) is 0.925. The highest BCUT2D eigenvalue weighted by atomic mass is 16.5. The number of rotatable bonds is 7. The van der Waals surface area contributed by atoms with Gasteiger partial charge in [-0.2, -0.15) is 0 Å². The number of benzene rings is 1. The van der Waals surface area contributed by atoms with E-state index in [0.29, 0.717) is 23.1 Å². The van der Waals surface area contributed by atoms with Crippen molar-refractivity contribution in [2.75, 3.05) is 6.61 Å². The standard InChI is InChI=1S/C19H18N4O4/c1-11-15(17(25)18(21)26)16-13(7-8-22-19(16)27-10-14(20)24)23(11)9-12-5-3-2-4-6-12/h2-8H,9-10H2,1H3,(H2,20,24)(H2,21,26). The summed E-state index contributed by atoms with van der Waals surface area (Å²) in [5.41, 5.74) is 12.7. The van der Waals surface area contributed by atoms with Crippen LogP contribution in [0.5, 0.6) is 5.88 Å². The molecule has 4 N–H and O–H groups in total. The molecule has 138 valence electrons. The summed E-state index contributed by atoms with van der Waals surface area (Å²) in [6, 6.07) is 11.3. The Kier molecular flexibility index (Phi) is 4.89. The molecule has 0 aliphatic rings. The Morgan fingerprint density at radius 1 is 1.11 bits per heavy atom. The number of hydrogen-bond donors (Lipinski definition) is 2. The number of nitrogens with two attached hydrogens (primary N) is 2. The Labute approximate surface area is 154 Å². The number of Topliss-reactive ketones (excluding diaryl/α,β-unsaturated/α-hetero) is 1. The van der Waals surface area contributed by atoms with Gasteiger partial charge in [0, 0.05) is 18.4 Å². The summed E-state index contributed by atoms with van der Waals surface area (Å²) in [6.07, 6.45) is 1.50. The zero-order valence-electron chi connectivity index (χ0n) is 14.6. The molecule has 3 rings (SSSR count). The van der Waals surface area contributed by atoms with Crippen LogP contribution in [0, 0.1) is 6.92 Å². The first-order valence-corrected chi connectivity index (χ1v) is 8.17. The Hall–Kier alpha value is -3.68. The average molecular weight is 366 g/mol. The summed E-state index contributed by atoms with van der Waals surface area (Å²) >= 11 is 0. The molecule has 0 aliphatic heterocycles. The van der Waals surface area contributed by atoms with Crippen LogP contribution in [0.1, 0.15) is 21.6 Å². The predicted molar refractivity (Wildman–Crippen MR) is 98.2 cm³/mol. The molecule has 1 aromatic carbocycles. The van der Waals surface area contributed by atoms with Gasteiger partial charge in [-0.05, 0) is 18.6 Å². The number of ether oxygens (including phenoxy) is 1. The third-order valence-electron chi connectivity index (χ3n) is 4.19. The van der Waals surface area contributed by atoms with Crippen LogP contribution in [0.15, 0.2) is 42.6 Å². The van der Waals surface area contributed by atoms with E-state index in [2.05, 4.69) is 4.98 Å². The molecule has 0 spiro atoms. The van der Waals surface area contributed by atoms with Crippen LogP contribution < -0.4 is 16.2 Å². The SMILES string of the molecule is Cc1c(C(=O)C(N)=O)c2c(OCC(N)=O)nccc2n1Cc1ccccc1. The first-order valence-electron chi connectivity index (χ1n) is 8.17. The average Bonchev–Trinajstić information content (AvgIpc) is 2.92. The lowest BCUT2D eigenvalue weighted by Gasteiger charge is -2.09. The molecule has 2 aromatic heterocycles. The Bertz CT molecular complexity index is 1040. The van der Waals surface area contributed by atoms with Crippen molar-refractivity contribution in [2.45, 2.75) is 13.5 Å². The lowest BCUT2D eigenvalue weighted by Crippen LogP contribution is -2.24. The van der Waals surface area contributed by atoms with Gasteiger partial charge < -0.3 is 20.8 Å². The van der Waals surface area contributed by atoms with Crippen molar-refractivity contribution in [2.24, 2.45) is 11.5 Å². The number of amides is 2. The van der Waals surface area contributed by atoms with Crippen molar-refractivity contribution in [1.82, 2.24) is 9.55 Å². The highest BCUT2D eigenvalue weighted by Crippen LogP contribution is 2.33. The van der Waals surface area contributed by atoms with Gasteiger partial charge in [0.1, 0.15) is 0 Å². The second-order valence-electron chi connectivity index (χ2n) is 5.99. The van der Waals surface area contributed by atoms with Crippen LogP contribution in [-0.2, 0) is 16.1 Å². The number of fused-ring (bicyclic) bond motifs is 1. The minimum Gasteiger partial charge on any atom is -0.467 e. The number of primary amides is 2. The summed E-state index contributed by atoms with van der Waals surface area (Å²) in [5, 5.41) is 0.330. The van der Waals surface area contributed by atoms with E-state index >= 15 is 0 Å². The highest BCUT2D eigenvalue weighted by Gasteiger charge is 2.26. The van der Waals surface area contributed by atoms with Crippen LogP contribution in [0.4, 0.5) is 0 Å². The largest absolute Gasteiger partial charge is 0.467 e. The van der Waals surface area contributed by atoms with Gasteiger partial charge in [0.05, 0.1) is 16.5 Å². The van der Waals surface area contributed by atoms with Crippen molar-refractivity contribution in [3.8, 4) is 5.88 Å². The maximum absolute atomic E-state index is 12.5. The van der Waals surface area contributed by atoms with Crippen molar-refractivity contribution in [3.63, 3.8) is 0 Å². The topological polar surface area (TPSA) is 130 Å². The van der Waals surface area contributed by atoms with E-state index in [0.717, 1.165) is 5.56 Å². The Morgan fingerprint density at radius 2 is 1.81 bits per heavy atom.